The number of benzene rings is 1. The minimum absolute atomic E-state index is 0.681. The Bertz CT molecular complexity index is 448. The summed E-state index contributed by atoms with van der Waals surface area (Å²) >= 11 is 0. The Hall–Kier alpha value is -1.90. The van der Waals surface area contributed by atoms with E-state index in [-0.39, 0.29) is 0 Å². The molecule has 3 heteroatoms. The quantitative estimate of drug-likeness (QED) is 0.788. The van der Waals surface area contributed by atoms with Crippen LogP contribution in [0, 0.1) is 6.92 Å². The summed E-state index contributed by atoms with van der Waals surface area (Å²) in [6, 6.07) is 7.80. The second kappa shape index (κ2) is 4.75. The predicted octanol–water partition coefficient (Wildman–Crippen LogP) is 2.85. The molecule has 0 N–H and O–H groups in total. The first-order chi connectivity index (χ1) is 7.79. The van der Waals surface area contributed by atoms with E-state index in [0.717, 1.165) is 22.7 Å². The Morgan fingerprint density at radius 3 is 2.25 bits per heavy atom. The average Bonchev–Trinajstić information content (AvgIpc) is 2.32. The van der Waals surface area contributed by atoms with Gasteiger partial charge in [-0.25, -0.2) is 9.97 Å². The molecule has 2 aromatic rings. The first-order valence-electron chi connectivity index (χ1n) is 5.31. The lowest BCUT2D eigenvalue weighted by Gasteiger charge is -2.04. The molecule has 2 rings (SSSR count). The Balaban J connectivity index is 2.24. The number of aryl methyl sites for hydroxylation is 1. The lowest BCUT2D eigenvalue weighted by Crippen LogP contribution is -1.92. The molecule has 0 saturated heterocycles. The molecule has 1 heterocycles. The molecular weight excluding hydrogens is 200 g/mol. The van der Waals surface area contributed by atoms with E-state index in [1.807, 2.05) is 50.5 Å². The molecule has 1 aromatic heterocycles. The highest BCUT2D eigenvalue weighted by atomic mass is 16.5. The van der Waals surface area contributed by atoms with Crippen LogP contribution in [0.25, 0.3) is 11.4 Å². The van der Waals surface area contributed by atoms with Crippen molar-refractivity contribution in [1.29, 1.82) is 0 Å². The topological polar surface area (TPSA) is 35.0 Å². The van der Waals surface area contributed by atoms with E-state index in [1.165, 1.54) is 0 Å². The molecule has 1 aromatic carbocycles. The van der Waals surface area contributed by atoms with E-state index >= 15 is 0 Å². The lowest BCUT2D eigenvalue weighted by atomic mass is 10.2. The molecular formula is C13H14N2O. The van der Waals surface area contributed by atoms with E-state index in [9.17, 15) is 0 Å². The first-order valence-corrected chi connectivity index (χ1v) is 5.31. The number of hydrogen-bond acceptors (Lipinski definition) is 3. The zero-order valence-electron chi connectivity index (χ0n) is 9.47. The number of aromatic nitrogens is 2. The van der Waals surface area contributed by atoms with Crippen LogP contribution in [0.3, 0.4) is 0 Å². The predicted molar refractivity (Wildman–Crippen MR) is 63.4 cm³/mol. The van der Waals surface area contributed by atoms with E-state index < -0.39 is 0 Å². The Morgan fingerprint density at radius 2 is 1.69 bits per heavy atom. The van der Waals surface area contributed by atoms with Crippen molar-refractivity contribution in [2.45, 2.75) is 13.8 Å². The summed E-state index contributed by atoms with van der Waals surface area (Å²) in [5.74, 6) is 1.62. The fourth-order valence-corrected chi connectivity index (χ4v) is 1.41. The van der Waals surface area contributed by atoms with Gasteiger partial charge in [-0.15, -0.1) is 0 Å². The second-order valence-corrected chi connectivity index (χ2v) is 3.54. The Kier molecular flexibility index (Phi) is 3.15. The maximum atomic E-state index is 5.38. The second-order valence-electron chi connectivity index (χ2n) is 3.54. The van der Waals surface area contributed by atoms with Crippen molar-refractivity contribution in [3.63, 3.8) is 0 Å². The molecule has 0 atom stereocenters. The molecule has 16 heavy (non-hydrogen) atoms. The SMILES string of the molecule is CCOc1ccc(-c2ncc(C)cn2)cc1. The van der Waals surface area contributed by atoms with Gasteiger partial charge in [0.15, 0.2) is 5.82 Å². The summed E-state index contributed by atoms with van der Waals surface area (Å²) in [6.45, 7) is 4.62. The number of ether oxygens (including phenoxy) is 1. The van der Waals surface area contributed by atoms with Crippen LogP contribution in [-0.2, 0) is 0 Å². The van der Waals surface area contributed by atoms with Crippen molar-refractivity contribution < 1.29 is 4.74 Å². The van der Waals surface area contributed by atoms with Crippen LogP contribution in [0.4, 0.5) is 0 Å². The van der Waals surface area contributed by atoms with Crippen LogP contribution in [-0.4, -0.2) is 16.6 Å². The third-order valence-corrected chi connectivity index (χ3v) is 2.20. The van der Waals surface area contributed by atoms with Crippen molar-refractivity contribution in [1.82, 2.24) is 9.97 Å². The largest absolute Gasteiger partial charge is 0.494 e. The maximum Gasteiger partial charge on any atom is 0.159 e. The standard InChI is InChI=1S/C13H14N2O/c1-3-16-12-6-4-11(5-7-12)13-14-8-10(2)9-15-13/h4-9H,3H2,1-2H3. The highest BCUT2D eigenvalue weighted by Gasteiger charge is 2.00. The molecule has 0 bridgehead atoms. The maximum absolute atomic E-state index is 5.38. The summed E-state index contributed by atoms with van der Waals surface area (Å²) in [5, 5.41) is 0. The van der Waals surface area contributed by atoms with Crippen LogP contribution < -0.4 is 4.74 Å². The highest BCUT2D eigenvalue weighted by Crippen LogP contribution is 2.18. The first kappa shape index (κ1) is 10.6. The van der Waals surface area contributed by atoms with Crippen molar-refractivity contribution in [2.24, 2.45) is 0 Å². The molecule has 0 spiro atoms. The van der Waals surface area contributed by atoms with Crippen LogP contribution in [0.15, 0.2) is 36.7 Å². The summed E-state index contributed by atoms with van der Waals surface area (Å²) in [5.41, 5.74) is 2.07. The minimum Gasteiger partial charge on any atom is -0.494 e. The average molecular weight is 214 g/mol. The van der Waals surface area contributed by atoms with E-state index in [0.29, 0.717) is 6.61 Å². The molecule has 0 aliphatic carbocycles. The lowest BCUT2D eigenvalue weighted by molar-refractivity contribution is 0.340. The Labute approximate surface area is 95.1 Å². The monoisotopic (exact) mass is 214 g/mol. The van der Waals surface area contributed by atoms with E-state index in [1.54, 1.807) is 0 Å². The molecule has 0 amide bonds. The Morgan fingerprint density at radius 1 is 1.06 bits per heavy atom. The molecule has 3 nitrogen and oxygen atoms in total. The van der Waals surface area contributed by atoms with Gasteiger partial charge in [0.25, 0.3) is 0 Å². The van der Waals surface area contributed by atoms with Crippen molar-refractivity contribution in [2.75, 3.05) is 6.61 Å². The van der Waals surface area contributed by atoms with Crippen molar-refractivity contribution in [3.8, 4) is 17.1 Å². The van der Waals surface area contributed by atoms with Gasteiger partial charge >= 0.3 is 0 Å². The van der Waals surface area contributed by atoms with Gasteiger partial charge < -0.3 is 4.74 Å². The van der Waals surface area contributed by atoms with E-state index in [4.69, 9.17) is 4.74 Å². The van der Waals surface area contributed by atoms with Crippen LogP contribution >= 0.6 is 0 Å². The molecule has 0 aliphatic rings. The molecule has 0 saturated carbocycles. The van der Waals surface area contributed by atoms with E-state index in [2.05, 4.69) is 9.97 Å². The summed E-state index contributed by atoms with van der Waals surface area (Å²) in [7, 11) is 0. The number of hydrogen-bond donors (Lipinski definition) is 0. The summed E-state index contributed by atoms with van der Waals surface area (Å²) in [4.78, 5) is 8.54. The van der Waals surface area contributed by atoms with Gasteiger partial charge in [0.1, 0.15) is 5.75 Å². The fraction of sp³-hybridized carbons (Fsp3) is 0.231. The van der Waals surface area contributed by atoms with Gasteiger partial charge in [-0.1, -0.05) is 0 Å². The van der Waals surface area contributed by atoms with Crippen molar-refractivity contribution in [3.05, 3.63) is 42.2 Å². The van der Waals surface area contributed by atoms with Crippen LogP contribution in [0.5, 0.6) is 5.75 Å². The number of rotatable bonds is 3. The minimum atomic E-state index is 0.681. The molecule has 82 valence electrons. The van der Waals surface area contributed by atoms with Gasteiger partial charge in [0.05, 0.1) is 6.61 Å². The van der Waals surface area contributed by atoms with Gasteiger partial charge in [0, 0.05) is 18.0 Å². The van der Waals surface area contributed by atoms with Crippen LogP contribution in [0.1, 0.15) is 12.5 Å². The molecule has 0 unspecified atom stereocenters. The summed E-state index contributed by atoms with van der Waals surface area (Å²) in [6.07, 6.45) is 3.64. The smallest absolute Gasteiger partial charge is 0.159 e. The third kappa shape index (κ3) is 2.37. The zero-order valence-corrected chi connectivity index (χ0v) is 9.47. The normalized spacial score (nSPS) is 10.1. The zero-order chi connectivity index (χ0) is 11.4. The van der Waals surface area contributed by atoms with Crippen LogP contribution in [0.2, 0.25) is 0 Å². The third-order valence-electron chi connectivity index (χ3n) is 2.20. The summed E-state index contributed by atoms with van der Waals surface area (Å²) < 4.78 is 5.38. The highest BCUT2D eigenvalue weighted by molar-refractivity contribution is 5.55. The molecule has 0 fully saturated rings. The van der Waals surface area contributed by atoms with Crippen molar-refractivity contribution >= 4 is 0 Å². The number of nitrogens with zero attached hydrogens (tertiary/aromatic N) is 2. The van der Waals surface area contributed by atoms with Gasteiger partial charge in [-0.2, -0.15) is 0 Å². The molecule has 0 aliphatic heterocycles. The molecule has 0 radical (unpaired) electrons. The van der Waals surface area contributed by atoms with Gasteiger partial charge in [-0.3, -0.25) is 0 Å². The fourth-order valence-electron chi connectivity index (χ4n) is 1.41. The van der Waals surface area contributed by atoms with Gasteiger partial charge in [0.2, 0.25) is 0 Å². The van der Waals surface area contributed by atoms with Gasteiger partial charge in [-0.05, 0) is 43.7 Å².